The van der Waals surface area contributed by atoms with Crippen LogP contribution in [0.15, 0.2) is 271 Å². The summed E-state index contributed by atoms with van der Waals surface area (Å²) in [6, 6.07) is 69.8. The maximum absolute atomic E-state index is 13.0. The third-order valence-corrected chi connectivity index (χ3v) is 23.0. The average molecular weight is 1840 g/mol. The fraction of sp³-hybridized carbons (Fsp3) is 0.314. The molecule has 7 aromatic carbocycles. The van der Waals surface area contributed by atoms with Gasteiger partial charge >= 0.3 is 0 Å². The Labute approximate surface area is 774 Å². The number of nitrogens with one attached hydrogen (secondary N) is 1. The van der Waals surface area contributed by atoms with Crippen LogP contribution in [0.2, 0.25) is 10.0 Å². The maximum atomic E-state index is 13.0. The molecule has 1 unspecified atom stereocenters. The summed E-state index contributed by atoms with van der Waals surface area (Å²) >= 11 is 16.5. The van der Waals surface area contributed by atoms with Gasteiger partial charge in [-0.2, -0.15) is 0 Å². The number of carbonyl (C=O) groups is 6. The third kappa shape index (κ3) is 40.5. The number of unbranched alkanes of at least 4 members (excludes halogenated alkanes) is 1. The van der Waals surface area contributed by atoms with Crippen LogP contribution in [-0.2, 0) is 67.8 Å². The molecule has 0 spiro atoms. The number of methoxy groups -OCH3 is 1. The molecule has 1 N–H and O–H groups in total. The number of anilines is 2. The molecule has 0 saturated carbocycles. The summed E-state index contributed by atoms with van der Waals surface area (Å²) in [4.78, 5) is 91.9. The van der Waals surface area contributed by atoms with E-state index in [-0.39, 0.29) is 73.6 Å². The Kier molecular flexibility index (Phi) is 47.4. The van der Waals surface area contributed by atoms with Crippen molar-refractivity contribution in [1.29, 1.82) is 0 Å². The van der Waals surface area contributed by atoms with Crippen LogP contribution in [0.3, 0.4) is 0 Å². The molecule has 26 heteroatoms. The molecule has 0 aliphatic heterocycles. The topological polar surface area (TPSA) is 199 Å². The summed E-state index contributed by atoms with van der Waals surface area (Å²) in [6.07, 6.45) is 13.3. The van der Waals surface area contributed by atoms with Gasteiger partial charge in [0.05, 0.1) is 38.6 Å². The second-order valence-corrected chi connectivity index (χ2v) is 33.9. The Morgan fingerprint density at radius 1 is 0.453 bits per heavy atom. The lowest BCUT2D eigenvalue weighted by molar-refractivity contribution is -0.134. The van der Waals surface area contributed by atoms with Gasteiger partial charge in [-0.3, -0.25) is 38.7 Å². The van der Waals surface area contributed by atoms with Crippen molar-refractivity contribution in [2.45, 2.75) is 152 Å². The minimum Gasteiger partial charge on any atom is -0.497 e. The first-order valence-electron chi connectivity index (χ1n) is 42.7. The number of aromatic nitrogens is 2. The number of likely N-dealkylation sites (N-methyl/N-ethyl adjacent to an activating group) is 1. The average Bonchev–Trinajstić information content (AvgIpc) is 1.47. The van der Waals surface area contributed by atoms with Gasteiger partial charge in [-0.15, -0.1) is 34.0 Å². The number of amides is 5. The number of ether oxygens (including phenoxy) is 5. The zero-order valence-electron chi connectivity index (χ0n) is 74.1. The van der Waals surface area contributed by atoms with Crippen LogP contribution in [0.25, 0.3) is 0 Å². The number of aryl methyl sites for hydroxylation is 3. The zero-order chi connectivity index (χ0) is 92.2. The molecule has 5 aromatic heterocycles. The van der Waals surface area contributed by atoms with Crippen molar-refractivity contribution in [2.75, 3.05) is 56.4 Å². The number of nitrogens with zero attached hydrogens (tertiary/aromatic N) is 6. The molecule has 18 nitrogen and oxygen atoms in total. The van der Waals surface area contributed by atoms with E-state index in [9.17, 15) is 41.9 Å². The van der Waals surface area contributed by atoms with Crippen LogP contribution >= 0.6 is 57.2 Å². The number of ketones is 1. The van der Waals surface area contributed by atoms with Crippen molar-refractivity contribution >= 4 is 104 Å². The van der Waals surface area contributed by atoms with Gasteiger partial charge in [0.1, 0.15) is 57.8 Å². The number of halogens is 5. The number of hydrogen-bond acceptors (Lipinski definition) is 16. The van der Waals surface area contributed by atoms with Crippen LogP contribution in [-0.4, -0.2) is 108 Å². The highest BCUT2D eigenvalue weighted by molar-refractivity contribution is 7.10. The smallest absolute Gasteiger partial charge is 0.266 e. The molecule has 128 heavy (non-hydrogen) atoms. The van der Waals surface area contributed by atoms with Crippen molar-refractivity contribution in [1.82, 2.24) is 25.1 Å². The van der Waals surface area contributed by atoms with Gasteiger partial charge in [0.25, 0.3) is 23.6 Å². The van der Waals surface area contributed by atoms with Crippen molar-refractivity contribution in [3.63, 3.8) is 0 Å². The number of benzene rings is 7. The molecule has 12 rings (SSSR count). The summed E-state index contributed by atoms with van der Waals surface area (Å²) in [5.41, 5.74) is 4.70. The van der Waals surface area contributed by atoms with Crippen molar-refractivity contribution < 1.29 is 65.6 Å². The summed E-state index contributed by atoms with van der Waals surface area (Å²) < 4.78 is 66.1. The number of thiophene rings is 3. The molecular formula is C102H116Cl2F3N7O11S3. The summed E-state index contributed by atoms with van der Waals surface area (Å²) in [5, 5.41) is 10.1. The Morgan fingerprint density at radius 3 is 1.55 bits per heavy atom. The number of hydrogen-bond donors (Lipinski definition) is 1. The molecule has 0 aliphatic rings. The fourth-order valence-electron chi connectivity index (χ4n) is 12.3. The predicted molar refractivity (Wildman–Crippen MR) is 511 cm³/mol. The Balaban J connectivity index is 0.000000211. The second kappa shape index (κ2) is 58.6. The van der Waals surface area contributed by atoms with E-state index >= 15 is 0 Å². The molecule has 0 bridgehead atoms. The highest BCUT2D eigenvalue weighted by Gasteiger charge is 2.22. The Hall–Kier alpha value is -11.7. The first kappa shape index (κ1) is 103. The van der Waals surface area contributed by atoms with Gasteiger partial charge in [0.2, 0.25) is 5.91 Å². The third-order valence-electron chi connectivity index (χ3n) is 19.9. The van der Waals surface area contributed by atoms with Crippen molar-refractivity contribution in [3.8, 4) is 28.7 Å². The quantitative estimate of drug-likeness (QED) is 0.0381. The highest BCUT2D eigenvalue weighted by Crippen LogP contribution is 2.26. The van der Waals surface area contributed by atoms with Gasteiger partial charge in [-0.25, -0.2) is 18.2 Å². The highest BCUT2D eigenvalue weighted by atomic mass is 35.5. The van der Waals surface area contributed by atoms with E-state index in [0.29, 0.717) is 115 Å². The number of rotatable bonds is 40. The number of pyridine rings is 2. The van der Waals surface area contributed by atoms with E-state index in [1.165, 1.54) is 66.1 Å². The molecule has 678 valence electrons. The molecule has 5 heterocycles. The lowest BCUT2D eigenvalue weighted by Crippen LogP contribution is -2.38. The minimum atomic E-state index is -0.580. The second-order valence-electron chi connectivity index (χ2n) is 30.0. The van der Waals surface area contributed by atoms with E-state index in [1.54, 1.807) is 129 Å². The summed E-state index contributed by atoms with van der Waals surface area (Å²) in [5.74, 6) is 3.28. The molecule has 0 fully saturated rings. The van der Waals surface area contributed by atoms with Gasteiger partial charge in [0.15, 0.2) is 26.4 Å². The zero-order valence-corrected chi connectivity index (χ0v) is 78.1. The molecule has 2 atom stereocenters. The SMILES string of the molecule is CC(C)[C@@H](C)NC(=O)COc1cccc(Cl)c1.CCCCC(CC)CCC(=O)CCc1cc(F)cc(F)c1.CCN(Cc1ccccc1)C(=O)COc1ccc(C)cc1.CCN(Cc1cccs1)C(=O)CCc1cccc(OC)c1.O=C(COc1ccc(Cl)cc1)N(Cc1cccs1)c1ccccn1.O=C(COc1ccc(F)cc1)N(Cc1cccs1)c1cccnc1. The number of Topliss-reactive ketones (excluding diaryl/α,β-unsaturated/α-hetero) is 1. The van der Waals surface area contributed by atoms with Gasteiger partial charge in [-0.05, 0) is 237 Å². The number of carbonyl (C=O) groups excluding carboxylic acids is 6. The van der Waals surface area contributed by atoms with Gasteiger partial charge in [0, 0.05) is 88.1 Å². The van der Waals surface area contributed by atoms with Crippen LogP contribution in [0.5, 0.6) is 28.7 Å². The molecule has 12 aromatic rings. The molecule has 5 amide bonds. The van der Waals surface area contributed by atoms with E-state index < -0.39 is 11.6 Å². The molecular weight excluding hydrogens is 1720 g/mol. The summed E-state index contributed by atoms with van der Waals surface area (Å²) in [6.45, 7) is 20.0. The molecule has 0 aliphatic carbocycles. The van der Waals surface area contributed by atoms with Crippen LogP contribution in [0, 0.1) is 36.2 Å². The fourth-order valence-corrected chi connectivity index (χ4v) is 14.7. The van der Waals surface area contributed by atoms with Gasteiger partial charge < -0.3 is 43.7 Å². The summed E-state index contributed by atoms with van der Waals surface area (Å²) in [7, 11) is 1.66. The Morgan fingerprint density at radius 2 is 1.00 bits per heavy atom. The minimum absolute atomic E-state index is 0.00179. The standard InChI is InChI=1S/C18H15ClN2O2S.C18H26F2O.C18H15FN2O2S.C18H21NO2.C17H21NO2S.C13H18ClNO2/c19-14-6-8-15(9-7-14)23-13-18(22)21(12-16-4-3-11-24-16)17-5-1-2-10-20-17;1-3-5-6-14(4-2)7-9-18(21)10-8-15-11-16(19)13-17(20)12-15;19-14-5-7-16(8-6-14)23-13-18(22)21(12-17-4-2-10-24-17)15-3-1-9-20-11-15;1-3-19(13-16-7-5-4-6-8-16)18(20)14-21-17-11-9-15(2)10-12-17;1-3-18(13-16-8-5-11-21-16)17(19)10-9-14-6-4-7-15(12-14)20-2;1-9(2)10(3)15-13(16)8-17-12-6-4-5-11(14)7-12/h1-11H,12-13H2;11-14H,3-10H2,1-2H3;1-11H,12-13H2;4-12H,3,13-14H2,1-2H3;4-8,11-12H,3,9-10,13H2,1-2H3;4-7,9-10H,8H2,1-3H3,(H,15,16)/t;;;;;10-/m.....1/s1. The van der Waals surface area contributed by atoms with E-state index in [0.717, 1.165) is 64.3 Å². The predicted octanol–water partition coefficient (Wildman–Crippen LogP) is 23.8. The Bertz CT molecular complexity index is 5000. The van der Waals surface area contributed by atoms with Crippen molar-refractivity contribution in [3.05, 3.63) is 336 Å². The molecule has 0 saturated heterocycles. The lowest BCUT2D eigenvalue weighted by atomic mass is 9.92. The first-order chi connectivity index (χ1) is 61.9. The largest absolute Gasteiger partial charge is 0.497 e. The van der Waals surface area contributed by atoms with Gasteiger partial charge in [-0.1, -0.05) is 167 Å². The van der Waals surface area contributed by atoms with E-state index in [4.69, 9.17) is 46.9 Å². The lowest BCUT2D eigenvalue weighted by Gasteiger charge is -2.22. The van der Waals surface area contributed by atoms with Crippen molar-refractivity contribution in [2.24, 2.45) is 11.8 Å². The van der Waals surface area contributed by atoms with Crippen LogP contribution < -0.4 is 38.8 Å². The first-order valence-corrected chi connectivity index (χ1v) is 46.1. The van der Waals surface area contributed by atoms with E-state index in [1.807, 2.05) is 182 Å². The van der Waals surface area contributed by atoms with Crippen LogP contribution in [0.4, 0.5) is 24.7 Å². The van der Waals surface area contributed by atoms with E-state index in [2.05, 4.69) is 49.0 Å². The monoisotopic (exact) mass is 1840 g/mol. The van der Waals surface area contributed by atoms with Crippen LogP contribution in [0.1, 0.15) is 137 Å². The molecule has 0 radical (unpaired) electrons. The normalized spacial score (nSPS) is 10.9. The maximum Gasteiger partial charge on any atom is 0.266 e.